The Morgan fingerprint density at radius 2 is 1.88 bits per heavy atom. The largest absolute Gasteiger partial charge is 0.316 e. The Kier molecular flexibility index (Phi) is 5.64. The zero-order valence-electron chi connectivity index (χ0n) is 10.6. The van der Waals surface area contributed by atoms with Crippen molar-refractivity contribution in [3.63, 3.8) is 0 Å². The highest BCUT2D eigenvalue weighted by atomic mass is 14.9. The van der Waals surface area contributed by atoms with Gasteiger partial charge in [0.25, 0.3) is 0 Å². The molecule has 2 N–H and O–H groups in total. The first-order valence-electron chi connectivity index (χ1n) is 7.39. The van der Waals surface area contributed by atoms with Crippen LogP contribution in [0.3, 0.4) is 0 Å². The maximum atomic E-state index is 3.74. The van der Waals surface area contributed by atoms with Gasteiger partial charge in [-0.1, -0.05) is 19.3 Å². The molecule has 1 saturated heterocycles. The predicted molar refractivity (Wildman–Crippen MR) is 69.7 cm³/mol. The summed E-state index contributed by atoms with van der Waals surface area (Å²) in [6.45, 7) is 3.77. The molecule has 0 aromatic heterocycles. The van der Waals surface area contributed by atoms with Crippen molar-refractivity contribution in [2.45, 2.75) is 63.8 Å². The van der Waals surface area contributed by atoms with Gasteiger partial charge in [0.05, 0.1) is 0 Å². The lowest BCUT2D eigenvalue weighted by Crippen LogP contribution is -2.33. The molecule has 0 spiro atoms. The molecular formula is C14H28N2. The second-order valence-corrected chi connectivity index (χ2v) is 5.64. The summed E-state index contributed by atoms with van der Waals surface area (Å²) in [6, 6.07) is 0.846. The first kappa shape index (κ1) is 12.4. The first-order valence-corrected chi connectivity index (χ1v) is 7.39. The molecule has 94 valence electrons. The van der Waals surface area contributed by atoms with E-state index >= 15 is 0 Å². The maximum Gasteiger partial charge on any atom is 0.00670 e. The summed E-state index contributed by atoms with van der Waals surface area (Å²) in [5.74, 6) is 0.960. The number of rotatable bonds is 5. The SMILES string of the molecule is C1CCC(NCCCC2CCCNC2)CC1. The van der Waals surface area contributed by atoms with Crippen LogP contribution in [-0.4, -0.2) is 25.7 Å². The fourth-order valence-electron chi connectivity index (χ4n) is 3.17. The molecule has 0 aromatic rings. The molecule has 0 radical (unpaired) electrons. The average molecular weight is 224 g/mol. The van der Waals surface area contributed by atoms with Crippen molar-refractivity contribution in [3.8, 4) is 0 Å². The highest BCUT2D eigenvalue weighted by Gasteiger charge is 2.14. The van der Waals surface area contributed by atoms with E-state index in [-0.39, 0.29) is 0 Å². The van der Waals surface area contributed by atoms with Gasteiger partial charge in [0.1, 0.15) is 0 Å². The van der Waals surface area contributed by atoms with Gasteiger partial charge in [0.2, 0.25) is 0 Å². The van der Waals surface area contributed by atoms with E-state index in [2.05, 4.69) is 10.6 Å². The highest BCUT2D eigenvalue weighted by molar-refractivity contribution is 4.73. The molecule has 2 aliphatic rings. The van der Waals surface area contributed by atoms with Crippen LogP contribution in [0.25, 0.3) is 0 Å². The Balaban J connectivity index is 1.47. The molecule has 1 aliphatic heterocycles. The fourth-order valence-corrected chi connectivity index (χ4v) is 3.17. The summed E-state index contributed by atoms with van der Waals surface area (Å²) < 4.78 is 0. The average Bonchev–Trinajstić information content (AvgIpc) is 2.37. The minimum atomic E-state index is 0.846. The van der Waals surface area contributed by atoms with Crippen LogP contribution in [0.15, 0.2) is 0 Å². The second kappa shape index (κ2) is 7.29. The number of hydrogen-bond donors (Lipinski definition) is 2. The summed E-state index contributed by atoms with van der Waals surface area (Å²) in [5, 5.41) is 7.25. The van der Waals surface area contributed by atoms with E-state index in [1.54, 1.807) is 0 Å². The van der Waals surface area contributed by atoms with E-state index in [0.29, 0.717) is 0 Å². The van der Waals surface area contributed by atoms with Crippen molar-refractivity contribution in [2.24, 2.45) is 5.92 Å². The molecule has 2 heteroatoms. The van der Waals surface area contributed by atoms with Crippen molar-refractivity contribution in [1.82, 2.24) is 10.6 Å². The Morgan fingerprint density at radius 3 is 2.62 bits per heavy atom. The summed E-state index contributed by atoms with van der Waals surface area (Å²) in [7, 11) is 0. The summed E-state index contributed by atoms with van der Waals surface area (Å²) in [5.41, 5.74) is 0. The lowest BCUT2D eigenvalue weighted by molar-refractivity contribution is 0.332. The van der Waals surface area contributed by atoms with Crippen LogP contribution < -0.4 is 10.6 Å². The van der Waals surface area contributed by atoms with Crippen LogP contribution >= 0.6 is 0 Å². The van der Waals surface area contributed by atoms with Gasteiger partial charge in [0.15, 0.2) is 0 Å². The molecule has 0 aromatic carbocycles. The monoisotopic (exact) mass is 224 g/mol. The Bertz CT molecular complexity index is 150. The van der Waals surface area contributed by atoms with Crippen LogP contribution in [0.5, 0.6) is 0 Å². The molecule has 1 saturated carbocycles. The maximum absolute atomic E-state index is 3.74. The van der Waals surface area contributed by atoms with Crippen molar-refractivity contribution >= 4 is 0 Å². The Labute approximate surface area is 101 Å². The molecule has 16 heavy (non-hydrogen) atoms. The molecule has 2 rings (SSSR count). The van der Waals surface area contributed by atoms with Crippen molar-refractivity contribution in [1.29, 1.82) is 0 Å². The molecule has 0 bridgehead atoms. The van der Waals surface area contributed by atoms with Crippen LogP contribution in [0, 0.1) is 5.92 Å². The third-order valence-electron chi connectivity index (χ3n) is 4.23. The molecular weight excluding hydrogens is 196 g/mol. The lowest BCUT2D eigenvalue weighted by Gasteiger charge is -2.25. The molecule has 2 fully saturated rings. The zero-order valence-corrected chi connectivity index (χ0v) is 10.6. The van der Waals surface area contributed by atoms with Gasteiger partial charge in [-0.25, -0.2) is 0 Å². The molecule has 1 heterocycles. The van der Waals surface area contributed by atoms with Gasteiger partial charge in [-0.15, -0.1) is 0 Å². The predicted octanol–water partition coefficient (Wildman–Crippen LogP) is 2.69. The summed E-state index contributed by atoms with van der Waals surface area (Å²) in [4.78, 5) is 0. The number of piperidine rings is 1. The van der Waals surface area contributed by atoms with E-state index in [0.717, 1.165) is 12.0 Å². The van der Waals surface area contributed by atoms with Crippen molar-refractivity contribution in [3.05, 3.63) is 0 Å². The Hall–Kier alpha value is -0.0800. The third kappa shape index (κ3) is 4.42. The quantitative estimate of drug-likeness (QED) is 0.702. The van der Waals surface area contributed by atoms with Gasteiger partial charge in [-0.3, -0.25) is 0 Å². The fraction of sp³-hybridized carbons (Fsp3) is 1.00. The van der Waals surface area contributed by atoms with E-state index in [1.807, 2.05) is 0 Å². The van der Waals surface area contributed by atoms with E-state index in [1.165, 1.54) is 77.4 Å². The molecule has 0 amide bonds. The zero-order chi connectivity index (χ0) is 11.1. The molecule has 1 aliphatic carbocycles. The van der Waals surface area contributed by atoms with Gasteiger partial charge < -0.3 is 10.6 Å². The second-order valence-electron chi connectivity index (χ2n) is 5.64. The van der Waals surface area contributed by atoms with Gasteiger partial charge >= 0.3 is 0 Å². The minimum absolute atomic E-state index is 0.846. The smallest absolute Gasteiger partial charge is 0.00670 e. The third-order valence-corrected chi connectivity index (χ3v) is 4.23. The molecule has 1 unspecified atom stereocenters. The van der Waals surface area contributed by atoms with E-state index < -0.39 is 0 Å². The van der Waals surface area contributed by atoms with Crippen molar-refractivity contribution in [2.75, 3.05) is 19.6 Å². The van der Waals surface area contributed by atoms with Crippen LogP contribution in [0.1, 0.15) is 57.8 Å². The highest BCUT2D eigenvalue weighted by Crippen LogP contribution is 2.18. The lowest BCUT2D eigenvalue weighted by atomic mass is 9.93. The van der Waals surface area contributed by atoms with Crippen molar-refractivity contribution < 1.29 is 0 Å². The number of hydrogen-bond acceptors (Lipinski definition) is 2. The van der Waals surface area contributed by atoms with Crippen LogP contribution in [0.2, 0.25) is 0 Å². The molecule has 1 atom stereocenters. The minimum Gasteiger partial charge on any atom is -0.316 e. The topological polar surface area (TPSA) is 24.1 Å². The first-order chi connectivity index (χ1) is 7.95. The van der Waals surface area contributed by atoms with E-state index in [9.17, 15) is 0 Å². The van der Waals surface area contributed by atoms with Crippen LogP contribution in [0.4, 0.5) is 0 Å². The van der Waals surface area contributed by atoms with Gasteiger partial charge in [-0.05, 0) is 64.1 Å². The molecule has 2 nitrogen and oxygen atoms in total. The van der Waals surface area contributed by atoms with Gasteiger partial charge in [0, 0.05) is 6.04 Å². The van der Waals surface area contributed by atoms with E-state index in [4.69, 9.17) is 0 Å². The summed E-state index contributed by atoms with van der Waals surface area (Å²) in [6.07, 6.45) is 12.9. The normalized spacial score (nSPS) is 28.1. The standard InChI is InChI=1S/C14H28N2/c1-2-8-14(9-3-1)16-11-5-7-13-6-4-10-15-12-13/h13-16H,1-12H2. The number of nitrogens with one attached hydrogen (secondary N) is 2. The van der Waals surface area contributed by atoms with Gasteiger partial charge in [-0.2, -0.15) is 0 Å². The Morgan fingerprint density at radius 1 is 1.00 bits per heavy atom. The van der Waals surface area contributed by atoms with Crippen LogP contribution in [-0.2, 0) is 0 Å². The summed E-state index contributed by atoms with van der Waals surface area (Å²) >= 11 is 0.